The van der Waals surface area contributed by atoms with E-state index in [9.17, 15) is 5.02 Å². The van der Waals surface area contributed by atoms with E-state index in [1.165, 1.54) is 68.5 Å². The van der Waals surface area contributed by atoms with Gasteiger partial charge in [-0.15, -0.1) is 0 Å². The molecule has 0 spiro atoms. The number of benzene rings is 2. The number of aryl methyl sites for hydroxylation is 2. The third-order valence-electron chi connectivity index (χ3n) is 13.8. The first-order valence-corrected chi connectivity index (χ1v) is 23.2. The molecule has 4 fully saturated rings. The van der Waals surface area contributed by atoms with Crippen molar-refractivity contribution in [3.05, 3.63) is 117 Å². The lowest BCUT2D eigenvalue weighted by Crippen LogP contribution is -2.42. The van der Waals surface area contributed by atoms with Crippen LogP contribution in [-0.4, -0.2) is 129 Å². The standard InChI is InChI=1S/C26H34BN3O2.C25H31N3O/c1-19-15-24-16-20(18-29-11-13-32-14-12-29)17-25(24)26(28-19)23-5-3-21(4-6-23)22-7-9-30(10-8-22)27(2)31;1-18-14-23-15-19(17-28-10-12-29-13-11-28)16-24(23)25(27-18)22-4-2-20(3-5-22)21-6-8-26-9-7-21/h3-6,15,17,22,31H,7-14,16,18H2,1-2H3;2-5,14,16,21,26H,6-13,15,17H2,1H3. The van der Waals surface area contributed by atoms with Crippen LogP contribution in [0.5, 0.6) is 0 Å². The molecule has 2 aromatic heterocycles. The quantitative estimate of drug-likeness (QED) is 0.168. The highest BCUT2D eigenvalue weighted by Crippen LogP contribution is 2.37. The van der Waals surface area contributed by atoms with Crippen molar-refractivity contribution >= 4 is 19.2 Å². The van der Waals surface area contributed by atoms with E-state index in [1.807, 2.05) is 6.82 Å². The summed E-state index contributed by atoms with van der Waals surface area (Å²) in [6.07, 6.45) is 11.6. The van der Waals surface area contributed by atoms with Crippen LogP contribution in [0.3, 0.4) is 0 Å². The van der Waals surface area contributed by atoms with Gasteiger partial charge in [0.1, 0.15) is 0 Å². The number of nitrogens with one attached hydrogen (secondary N) is 1. The lowest BCUT2D eigenvalue weighted by molar-refractivity contribution is 0.0421. The molecule has 0 radical (unpaired) electrons. The smallest absolute Gasteiger partial charge is 0.376 e. The maximum absolute atomic E-state index is 9.81. The zero-order valence-corrected chi connectivity index (χ0v) is 36.8. The predicted molar refractivity (Wildman–Crippen MR) is 249 cm³/mol. The molecule has 2 aromatic carbocycles. The summed E-state index contributed by atoms with van der Waals surface area (Å²) in [6.45, 7) is 19.9. The normalized spacial score (nSPS) is 20.4. The van der Waals surface area contributed by atoms with Gasteiger partial charge in [-0.25, -0.2) is 0 Å². The zero-order valence-electron chi connectivity index (χ0n) is 36.8. The van der Waals surface area contributed by atoms with Crippen LogP contribution in [0, 0.1) is 13.8 Å². The van der Waals surface area contributed by atoms with E-state index in [0.29, 0.717) is 11.8 Å². The van der Waals surface area contributed by atoms with Crippen molar-refractivity contribution in [1.82, 2.24) is 29.9 Å². The van der Waals surface area contributed by atoms with E-state index >= 15 is 0 Å². The van der Waals surface area contributed by atoms with Crippen molar-refractivity contribution in [3.63, 3.8) is 0 Å². The number of hydrogen-bond donors (Lipinski definition) is 2. The van der Waals surface area contributed by atoms with Crippen molar-refractivity contribution in [3.8, 4) is 22.5 Å². The highest BCUT2D eigenvalue weighted by Gasteiger charge is 2.26. The monoisotopic (exact) mass is 821 g/mol. The Morgan fingerprint density at radius 2 is 1.05 bits per heavy atom. The van der Waals surface area contributed by atoms with Gasteiger partial charge in [-0.2, -0.15) is 0 Å². The molecule has 4 saturated heterocycles. The molecular formula is C51H65BN6O3. The number of ether oxygens (including phenoxy) is 2. The minimum absolute atomic E-state index is 0.339. The Morgan fingerprint density at radius 3 is 1.48 bits per heavy atom. The van der Waals surface area contributed by atoms with Gasteiger partial charge in [0, 0.05) is 72.9 Å². The molecule has 0 atom stereocenters. The van der Waals surface area contributed by atoms with Crippen LogP contribution < -0.4 is 5.32 Å². The zero-order chi connectivity index (χ0) is 41.7. The Labute approximate surface area is 364 Å². The van der Waals surface area contributed by atoms with Crippen LogP contribution in [0.1, 0.15) is 82.3 Å². The first-order chi connectivity index (χ1) is 29.8. The highest BCUT2D eigenvalue weighted by atomic mass is 16.5. The summed E-state index contributed by atoms with van der Waals surface area (Å²) in [7, 11) is -0.339. The van der Waals surface area contributed by atoms with Crippen LogP contribution in [-0.2, 0) is 22.3 Å². The Kier molecular flexibility index (Phi) is 13.6. The van der Waals surface area contributed by atoms with E-state index in [0.717, 1.165) is 140 Å². The highest BCUT2D eigenvalue weighted by molar-refractivity contribution is 6.45. The lowest BCUT2D eigenvalue weighted by Gasteiger charge is -2.32. The molecule has 9 nitrogen and oxygen atoms in total. The van der Waals surface area contributed by atoms with Crippen LogP contribution in [0.2, 0.25) is 6.82 Å². The summed E-state index contributed by atoms with van der Waals surface area (Å²) in [4.78, 5) is 17.1. The van der Waals surface area contributed by atoms with E-state index < -0.39 is 0 Å². The second kappa shape index (κ2) is 19.6. The van der Waals surface area contributed by atoms with Crippen molar-refractivity contribution in [2.75, 3.05) is 91.9 Å². The summed E-state index contributed by atoms with van der Waals surface area (Å²) in [5.41, 5.74) is 18.3. The summed E-state index contributed by atoms with van der Waals surface area (Å²) in [6, 6.07) is 22.9. The Morgan fingerprint density at radius 1 is 0.623 bits per heavy atom. The van der Waals surface area contributed by atoms with Crippen LogP contribution in [0.15, 0.2) is 71.8 Å². The number of rotatable bonds is 9. The summed E-state index contributed by atoms with van der Waals surface area (Å²) in [5, 5.41) is 13.3. The Hall–Kier alpha value is -4.00. The molecule has 2 N–H and O–H groups in total. The maximum atomic E-state index is 9.81. The van der Waals surface area contributed by atoms with Gasteiger partial charge in [0.05, 0.1) is 37.8 Å². The molecule has 0 bridgehead atoms. The first kappa shape index (κ1) is 42.3. The number of piperidine rings is 2. The molecule has 10 rings (SSSR count). The second-order valence-corrected chi connectivity index (χ2v) is 18.3. The first-order valence-electron chi connectivity index (χ1n) is 23.2. The van der Waals surface area contributed by atoms with Gasteiger partial charge in [-0.1, -0.05) is 71.8 Å². The maximum Gasteiger partial charge on any atom is 0.376 e. The minimum Gasteiger partial charge on any atom is -0.437 e. The average molecular weight is 821 g/mol. The molecule has 10 heteroatoms. The molecule has 0 unspecified atom stereocenters. The van der Waals surface area contributed by atoms with Crippen molar-refractivity contribution in [2.45, 2.75) is 71.0 Å². The molecule has 6 heterocycles. The van der Waals surface area contributed by atoms with Crippen molar-refractivity contribution in [2.24, 2.45) is 0 Å². The van der Waals surface area contributed by atoms with Crippen molar-refractivity contribution in [1.29, 1.82) is 0 Å². The predicted octanol–water partition coefficient (Wildman–Crippen LogP) is 7.41. The fraction of sp³-hybridized carbons (Fsp3) is 0.490. The number of pyridine rings is 2. The molecule has 0 saturated carbocycles. The fourth-order valence-corrected chi connectivity index (χ4v) is 10.4. The average Bonchev–Trinajstić information content (AvgIpc) is 3.90. The molecule has 0 amide bonds. The Balaban J connectivity index is 0.000000157. The van der Waals surface area contributed by atoms with Gasteiger partial charge in [0.25, 0.3) is 0 Å². The van der Waals surface area contributed by atoms with E-state index in [1.54, 1.807) is 0 Å². The second-order valence-electron chi connectivity index (χ2n) is 18.3. The molecule has 6 aliphatic rings. The van der Waals surface area contributed by atoms with Gasteiger partial charge in [-0.3, -0.25) is 19.8 Å². The Bertz CT molecular complexity index is 2180. The molecule has 2 aliphatic carbocycles. The fourth-order valence-electron chi connectivity index (χ4n) is 10.4. The van der Waals surface area contributed by atoms with Crippen LogP contribution in [0.25, 0.3) is 34.7 Å². The topological polar surface area (TPSA) is 86.2 Å². The number of aromatic nitrogens is 2. The van der Waals surface area contributed by atoms with E-state index in [-0.39, 0.29) is 7.05 Å². The van der Waals surface area contributed by atoms with Crippen LogP contribution >= 0.6 is 0 Å². The van der Waals surface area contributed by atoms with Crippen LogP contribution in [0.4, 0.5) is 0 Å². The van der Waals surface area contributed by atoms with Gasteiger partial charge in [-0.05, 0) is 132 Å². The molecule has 320 valence electrons. The summed E-state index contributed by atoms with van der Waals surface area (Å²) >= 11 is 0. The molecule has 4 aromatic rings. The van der Waals surface area contributed by atoms with Gasteiger partial charge in [0.15, 0.2) is 0 Å². The molecule has 61 heavy (non-hydrogen) atoms. The van der Waals surface area contributed by atoms with Crippen molar-refractivity contribution < 1.29 is 14.5 Å². The SMILES string of the molecule is CB(O)N1CCC(c2ccc(-c3nc(C)cc4c3C=C(CN3CCOCC3)C4)cc2)CC1.Cc1cc2c(c(-c3ccc(C4CCNCC4)cc3)n1)C=C(CN1CCOCC1)C2. The lowest BCUT2D eigenvalue weighted by atomic mass is 9.79. The summed E-state index contributed by atoms with van der Waals surface area (Å²) in [5.74, 6) is 1.27. The third kappa shape index (κ3) is 10.3. The molecule has 4 aliphatic heterocycles. The minimum atomic E-state index is -0.339. The number of hydrogen-bond acceptors (Lipinski definition) is 9. The largest absolute Gasteiger partial charge is 0.437 e. The third-order valence-corrected chi connectivity index (χ3v) is 13.8. The van der Waals surface area contributed by atoms with Gasteiger partial charge < -0.3 is 24.6 Å². The van der Waals surface area contributed by atoms with E-state index in [2.05, 4.69) is 107 Å². The number of morpholine rings is 2. The number of fused-ring (bicyclic) bond motifs is 2. The van der Waals surface area contributed by atoms with E-state index in [4.69, 9.17) is 19.4 Å². The molecular weight excluding hydrogens is 755 g/mol. The number of nitrogens with zero attached hydrogens (tertiary/aromatic N) is 5. The van der Waals surface area contributed by atoms with Gasteiger partial charge in [0.2, 0.25) is 0 Å². The van der Waals surface area contributed by atoms with Gasteiger partial charge >= 0.3 is 7.05 Å². The summed E-state index contributed by atoms with van der Waals surface area (Å²) < 4.78 is 11.0.